The van der Waals surface area contributed by atoms with E-state index in [4.69, 9.17) is 4.74 Å². The second-order valence-electron chi connectivity index (χ2n) is 3.64. The summed E-state index contributed by atoms with van der Waals surface area (Å²) in [6.45, 7) is 2.78. The number of rotatable bonds is 3. The molecular formula is C11H14O3. The highest BCUT2D eigenvalue weighted by molar-refractivity contribution is 5.48. The smallest absolute Gasteiger partial charge is 0.160 e. The lowest BCUT2D eigenvalue weighted by Gasteiger charge is -2.07. The summed E-state index contributed by atoms with van der Waals surface area (Å²) in [6.07, 6.45) is 1.77. The molecule has 1 aliphatic rings. The minimum absolute atomic E-state index is 0.00213. The van der Waals surface area contributed by atoms with Crippen molar-refractivity contribution in [3.63, 3.8) is 0 Å². The second-order valence-corrected chi connectivity index (χ2v) is 3.64. The van der Waals surface area contributed by atoms with Crippen LogP contribution in [0.2, 0.25) is 0 Å². The summed E-state index contributed by atoms with van der Waals surface area (Å²) in [6, 6.07) is 3.53. The highest BCUT2D eigenvalue weighted by Gasteiger charge is 2.24. The zero-order chi connectivity index (χ0) is 10.1. The lowest BCUT2D eigenvalue weighted by molar-refractivity contribution is 0.385. The molecule has 1 unspecified atom stereocenters. The summed E-state index contributed by atoms with van der Waals surface area (Å²) >= 11 is 0. The van der Waals surface area contributed by atoms with Gasteiger partial charge in [0.15, 0.2) is 11.5 Å². The van der Waals surface area contributed by atoms with E-state index >= 15 is 0 Å². The van der Waals surface area contributed by atoms with Gasteiger partial charge in [-0.2, -0.15) is 0 Å². The van der Waals surface area contributed by atoms with Crippen molar-refractivity contribution in [1.29, 1.82) is 0 Å². The molecule has 1 saturated heterocycles. The lowest BCUT2D eigenvalue weighted by atomic mass is 10.0. The number of benzene rings is 1. The van der Waals surface area contributed by atoms with E-state index in [1.165, 1.54) is 0 Å². The highest BCUT2D eigenvalue weighted by Crippen LogP contribution is 2.33. The van der Waals surface area contributed by atoms with Gasteiger partial charge in [0.1, 0.15) is 0 Å². The van der Waals surface area contributed by atoms with Crippen molar-refractivity contribution >= 4 is 0 Å². The lowest BCUT2D eigenvalue weighted by Crippen LogP contribution is -1.95. The van der Waals surface area contributed by atoms with Crippen molar-refractivity contribution in [3.8, 4) is 11.5 Å². The SMILES string of the molecule is CCc1cc(O)c(O)c(CC2CO2)c1. The van der Waals surface area contributed by atoms with Gasteiger partial charge in [0.25, 0.3) is 0 Å². The van der Waals surface area contributed by atoms with Crippen LogP contribution in [0.25, 0.3) is 0 Å². The van der Waals surface area contributed by atoms with Crippen molar-refractivity contribution in [2.75, 3.05) is 6.61 Å². The molecular weight excluding hydrogens is 180 g/mol. The Labute approximate surface area is 83.0 Å². The van der Waals surface area contributed by atoms with Crippen molar-refractivity contribution < 1.29 is 14.9 Å². The Hall–Kier alpha value is -1.22. The van der Waals surface area contributed by atoms with E-state index in [0.29, 0.717) is 6.42 Å². The predicted molar refractivity (Wildman–Crippen MR) is 52.6 cm³/mol. The maximum Gasteiger partial charge on any atom is 0.160 e. The third kappa shape index (κ3) is 1.82. The number of phenolic OH excluding ortho intramolecular Hbond substituents is 2. The number of epoxide rings is 1. The number of hydrogen-bond acceptors (Lipinski definition) is 3. The molecule has 2 rings (SSSR count). The van der Waals surface area contributed by atoms with Crippen LogP contribution < -0.4 is 0 Å². The quantitative estimate of drug-likeness (QED) is 0.567. The maximum atomic E-state index is 9.59. The van der Waals surface area contributed by atoms with Gasteiger partial charge in [-0.05, 0) is 18.1 Å². The Morgan fingerprint density at radius 2 is 2.14 bits per heavy atom. The van der Waals surface area contributed by atoms with E-state index in [9.17, 15) is 10.2 Å². The molecule has 76 valence electrons. The molecule has 0 saturated carbocycles. The van der Waals surface area contributed by atoms with Crippen LogP contribution in [0, 0.1) is 0 Å². The van der Waals surface area contributed by atoms with E-state index in [1.54, 1.807) is 6.07 Å². The first-order chi connectivity index (χ1) is 6.70. The molecule has 2 N–H and O–H groups in total. The van der Waals surface area contributed by atoms with Gasteiger partial charge in [-0.3, -0.25) is 0 Å². The minimum atomic E-state index is -0.0278. The van der Waals surface area contributed by atoms with E-state index in [1.807, 2.05) is 13.0 Å². The minimum Gasteiger partial charge on any atom is -0.504 e. The predicted octanol–water partition coefficient (Wildman–Crippen LogP) is 1.60. The van der Waals surface area contributed by atoms with Crippen LogP contribution in [-0.2, 0) is 17.6 Å². The Morgan fingerprint density at radius 3 is 2.71 bits per heavy atom. The van der Waals surface area contributed by atoms with Crippen LogP contribution in [0.1, 0.15) is 18.1 Å². The van der Waals surface area contributed by atoms with Gasteiger partial charge in [0, 0.05) is 12.0 Å². The van der Waals surface area contributed by atoms with Gasteiger partial charge >= 0.3 is 0 Å². The average molecular weight is 194 g/mol. The molecule has 0 amide bonds. The maximum absolute atomic E-state index is 9.59. The van der Waals surface area contributed by atoms with Gasteiger partial charge < -0.3 is 14.9 Å². The molecule has 1 atom stereocenters. The van der Waals surface area contributed by atoms with Crippen LogP contribution >= 0.6 is 0 Å². The molecule has 1 aromatic rings. The van der Waals surface area contributed by atoms with E-state index in [0.717, 1.165) is 24.2 Å². The van der Waals surface area contributed by atoms with Gasteiger partial charge in [0.2, 0.25) is 0 Å². The van der Waals surface area contributed by atoms with Crippen LogP contribution in [0.15, 0.2) is 12.1 Å². The Balaban J connectivity index is 2.29. The molecule has 1 aliphatic heterocycles. The fourth-order valence-corrected chi connectivity index (χ4v) is 1.53. The van der Waals surface area contributed by atoms with Crippen LogP contribution in [0.4, 0.5) is 0 Å². The molecule has 3 nitrogen and oxygen atoms in total. The molecule has 1 fully saturated rings. The summed E-state index contributed by atoms with van der Waals surface area (Å²) in [5, 5.41) is 19.0. The van der Waals surface area contributed by atoms with Gasteiger partial charge in [-0.1, -0.05) is 13.0 Å². The van der Waals surface area contributed by atoms with Crippen LogP contribution in [0.5, 0.6) is 11.5 Å². The third-order valence-electron chi connectivity index (χ3n) is 2.49. The molecule has 1 heterocycles. The zero-order valence-corrected chi connectivity index (χ0v) is 8.16. The fourth-order valence-electron chi connectivity index (χ4n) is 1.53. The first-order valence-corrected chi connectivity index (χ1v) is 4.86. The van der Waals surface area contributed by atoms with Crippen molar-refractivity contribution in [3.05, 3.63) is 23.3 Å². The first kappa shape index (κ1) is 9.34. The summed E-state index contributed by atoms with van der Waals surface area (Å²) in [4.78, 5) is 0. The zero-order valence-electron chi connectivity index (χ0n) is 8.16. The monoisotopic (exact) mass is 194 g/mol. The third-order valence-corrected chi connectivity index (χ3v) is 2.49. The van der Waals surface area contributed by atoms with Crippen LogP contribution in [0.3, 0.4) is 0 Å². The normalized spacial score (nSPS) is 19.6. The Morgan fingerprint density at radius 1 is 1.43 bits per heavy atom. The number of ether oxygens (including phenoxy) is 1. The molecule has 14 heavy (non-hydrogen) atoms. The number of aryl methyl sites for hydroxylation is 1. The van der Waals surface area contributed by atoms with Gasteiger partial charge in [0.05, 0.1) is 12.7 Å². The molecule has 1 aromatic carbocycles. The standard InChI is InChI=1S/C11H14O3/c1-2-7-3-8(5-9-6-14-9)11(13)10(12)4-7/h3-4,9,12-13H,2,5-6H2,1H3. The number of hydrogen-bond donors (Lipinski definition) is 2. The molecule has 3 heteroatoms. The fraction of sp³-hybridized carbons (Fsp3) is 0.455. The molecule has 0 radical (unpaired) electrons. The Kier molecular flexibility index (Phi) is 2.33. The summed E-state index contributed by atoms with van der Waals surface area (Å²) in [7, 11) is 0. The van der Waals surface area contributed by atoms with Crippen molar-refractivity contribution in [2.24, 2.45) is 0 Å². The van der Waals surface area contributed by atoms with E-state index in [2.05, 4.69) is 0 Å². The number of phenols is 2. The van der Waals surface area contributed by atoms with E-state index in [-0.39, 0.29) is 17.6 Å². The summed E-state index contributed by atoms with van der Waals surface area (Å²) < 4.78 is 5.09. The molecule has 0 spiro atoms. The molecule has 0 bridgehead atoms. The topological polar surface area (TPSA) is 53.0 Å². The molecule has 0 aromatic heterocycles. The van der Waals surface area contributed by atoms with Crippen molar-refractivity contribution in [1.82, 2.24) is 0 Å². The van der Waals surface area contributed by atoms with Gasteiger partial charge in [-0.15, -0.1) is 0 Å². The second kappa shape index (κ2) is 3.50. The number of aromatic hydroxyl groups is 2. The highest BCUT2D eigenvalue weighted by atomic mass is 16.6. The van der Waals surface area contributed by atoms with Gasteiger partial charge in [-0.25, -0.2) is 0 Å². The summed E-state index contributed by atoms with van der Waals surface area (Å²) in [5.74, 6) is -0.0299. The van der Waals surface area contributed by atoms with E-state index < -0.39 is 0 Å². The first-order valence-electron chi connectivity index (χ1n) is 4.86. The van der Waals surface area contributed by atoms with Crippen molar-refractivity contribution in [2.45, 2.75) is 25.9 Å². The van der Waals surface area contributed by atoms with Crippen LogP contribution in [-0.4, -0.2) is 22.9 Å². The summed E-state index contributed by atoms with van der Waals surface area (Å²) in [5.41, 5.74) is 1.82. The average Bonchev–Trinajstić information content (AvgIpc) is 2.96. The Bertz CT molecular complexity index is 343. The molecule has 0 aliphatic carbocycles. The largest absolute Gasteiger partial charge is 0.504 e.